The Labute approximate surface area is 197 Å². The van der Waals surface area contributed by atoms with Gasteiger partial charge in [0, 0.05) is 23.2 Å². The fraction of sp³-hybridized carbons (Fsp3) is 0.310. The second-order valence-electron chi connectivity index (χ2n) is 9.59. The van der Waals surface area contributed by atoms with Crippen molar-refractivity contribution in [3.8, 4) is 0 Å². The molecule has 33 heavy (non-hydrogen) atoms. The average Bonchev–Trinajstić information content (AvgIpc) is 3.36. The molecule has 4 heteroatoms. The number of benzene rings is 4. The fourth-order valence-electron chi connectivity index (χ4n) is 5.11. The molecule has 4 aromatic carbocycles. The van der Waals surface area contributed by atoms with Gasteiger partial charge >= 0.3 is 0 Å². The van der Waals surface area contributed by atoms with Crippen LogP contribution in [0.4, 0.5) is 0 Å². The lowest BCUT2D eigenvalue weighted by Crippen LogP contribution is -2.45. The number of hydrogen-bond acceptors (Lipinski definition) is 2. The molecule has 0 aliphatic carbocycles. The van der Waals surface area contributed by atoms with Crippen molar-refractivity contribution < 1.29 is 4.57 Å². The van der Waals surface area contributed by atoms with Gasteiger partial charge in [0.2, 0.25) is 7.29 Å². The second-order valence-corrected chi connectivity index (χ2v) is 12.0. The molecule has 1 saturated heterocycles. The molecule has 3 nitrogen and oxygen atoms in total. The van der Waals surface area contributed by atoms with Crippen LogP contribution in [0, 0.1) is 5.92 Å². The summed E-state index contributed by atoms with van der Waals surface area (Å²) >= 11 is 0. The average molecular weight is 457 g/mol. The molecule has 170 valence electrons. The summed E-state index contributed by atoms with van der Waals surface area (Å²) < 4.78 is 15.4. The molecule has 0 bridgehead atoms. The molecule has 0 radical (unpaired) electrons. The maximum Gasteiger partial charge on any atom is 0.206 e. The number of nitrogens with one attached hydrogen (secondary N) is 1. The van der Waals surface area contributed by atoms with Crippen molar-refractivity contribution in [3.05, 3.63) is 84.9 Å². The van der Waals surface area contributed by atoms with Crippen LogP contribution < -0.4 is 15.7 Å². The van der Waals surface area contributed by atoms with Gasteiger partial charge in [0.15, 0.2) is 0 Å². The Kier molecular flexibility index (Phi) is 6.38. The summed E-state index contributed by atoms with van der Waals surface area (Å²) in [6.45, 7) is 7.68. The molecule has 1 heterocycles. The van der Waals surface area contributed by atoms with Crippen molar-refractivity contribution in [1.82, 2.24) is 9.99 Å². The Morgan fingerprint density at radius 3 is 1.76 bits per heavy atom. The lowest BCUT2D eigenvalue weighted by Gasteiger charge is -2.33. The number of rotatable bonds is 7. The zero-order valence-electron chi connectivity index (χ0n) is 19.6. The van der Waals surface area contributed by atoms with E-state index in [1.54, 1.807) is 0 Å². The molecule has 1 atom stereocenters. The number of likely N-dealkylation sites (tertiary alicyclic amines) is 1. The van der Waals surface area contributed by atoms with Crippen molar-refractivity contribution in [1.29, 1.82) is 0 Å². The molecule has 1 aliphatic heterocycles. The smallest absolute Gasteiger partial charge is 0.206 e. The fourth-order valence-corrected chi connectivity index (χ4v) is 8.17. The summed E-state index contributed by atoms with van der Waals surface area (Å²) in [5.74, 6) is 0.365. The van der Waals surface area contributed by atoms with Gasteiger partial charge in [0.1, 0.15) is 0 Å². The van der Waals surface area contributed by atoms with Crippen LogP contribution in [0.3, 0.4) is 0 Å². The van der Waals surface area contributed by atoms with Gasteiger partial charge in [-0.15, -0.1) is 0 Å². The SMILES string of the molecule is CC(C)[C@H](CN1CCCC1)NP(=O)(c1cccc2ccccc12)c1cccc2ccccc12. The van der Waals surface area contributed by atoms with Gasteiger partial charge in [0.05, 0.1) is 0 Å². The molecule has 1 aliphatic rings. The summed E-state index contributed by atoms with van der Waals surface area (Å²) in [7, 11) is -3.16. The van der Waals surface area contributed by atoms with Crippen LogP contribution in [-0.2, 0) is 4.57 Å². The lowest BCUT2D eigenvalue weighted by atomic mass is 10.1. The van der Waals surface area contributed by atoms with Crippen molar-refractivity contribution in [2.75, 3.05) is 19.6 Å². The molecule has 5 rings (SSSR count). The minimum Gasteiger partial charge on any atom is -0.302 e. The Morgan fingerprint density at radius 1 is 0.758 bits per heavy atom. The van der Waals surface area contributed by atoms with E-state index < -0.39 is 7.29 Å². The molecule has 4 aromatic rings. The van der Waals surface area contributed by atoms with E-state index in [0.29, 0.717) is 5.92 Å². The number of hydrogen-bond donors (Lipinski definition) is 1. The van der Waals surface area contributed by atoms with Gasteiger partial charge in [-0.25, -0.2) is 0 Å². The van der Waals surface area contributed by atoms with E-state index in [0.717, 1.165) is 51.8 Å². The van der Waals surface area contributed by atoms with Crippen LogP contribution in [0.15, 0.2) is 84.9 Å². The van der Waals surface area contributed by atoms with Gasteiger partial charge in [-0.1, -0.05) is 86.6 Å². The standard InChI is InChI=1S/C29H33N2OP/c1-22(2)27(21-31-19-7-8-20-31)30-33(32,28-17-9-13-23-11-3-5-15-25(23)28)29-18-10-14-24-12-4-6-16-26(24)29/h3-6,9-18,22,27H,7-8,19-21H2,1-2H3,(H,30,32)/t27-/m0/s1. The first kappa shape index (κ1) is 22.3. The Balaban J connectivity index is 1.70. The lowest BCUT2D eigenvalue weighted by molar-refractivity contribution is 0.274. The maximum absolute atomic E-state index is 15.4. The summed E-state index contributed by atoms with van der Waals surface area (Å²) in [4.78, 5) is 2.52. The highest BCUT2D eigenvalue weighted by Crippen LogP contribution is 2.44. The maximum atomic E-state index is 15.4. The monoisotopic (exact) mass is 456 g/mol. The first-order chi connectivity index (χ1) is 16.1. The molecule has 1 fully saturated rings. The first-order valence-electron chi connectivity index (χ1n) is 12.1. The van der Waals surface area contributed by atoms with E-state index >= 15 is 4.57 Å². The minimum atomic E-state index is -3.16. The Bertz CT molecular complexity index is 1220. The first-order valence-corrected chi connectivity index (χ1v) is 13.8. The molecule has 1 N–H and O–H groups in total. The third-order valence-corrected chi connectivity index (χ3v) is 9.85. The van der Waals surface area contributed by atoms with Crippen LogP contribution in [-0.4, -0.2) is 30.6 Å². The van der Waals surface area contributed by atoms with Gasteiger partial charge in [0.25, 0.3) is 0 Å². The predicted octanol–water partition coefficient (Wildman–Crippen LogP) is 5.93. The zero-order chi connectivity index (χ0) is 22.8. The van der Waals surface area contributed by atoms with Crippen molar-refractivity contribution in [2.45, 2.75) is 32.7 Å². The van der Waals surface area contributed by atoms with Crippen LogP contribution in [0.2, 0.25) is 0 Å². The second kappa shape index (κ2) is 9.43. The highest BCUT2D eigenvalue weighted by Gasteiger charge is 2.35. The van der Waals surface area contributed by atoms with E-state index in [4.69, 9.17) is 0 Å². The van der Waals surface area contributed by atoms with E-state index in [9.17, 15) is 0 Å². The van der Waals surface area contributed by atoms with Gasteiger partial charge in [-0.05, 0) is 65.5 Å². The van der Waals surface area contributed by atoms with Crippen LogP contribution in [0.5, 0.6) is 0 Å². The highest BCUT2D eigenvalue weighted by molar-refractivity contribution is 7.77. The van der Waals surface area contributed by atoms with E-state index in [-0.39, 0.29) is 6.04 Å². The molecule has 0 amide bonds. The molecule has 0 saturated carbocycles. The number of fused-ring (bicyclic) bond motifs is 2. The van der Waals surface area contributed by atoms with Crippen molar-refractivity contribution in [3.63, 3.8) is 0 Å². The van der Waals surface area contributed by atoms with Crippen molar-refractivity contribution >= 4 is 39.4 Å². The van der Waals surface area contributed by atoms with Gasteiger partial charge in [-0.3, -0.25) is 9.65 Å². The quantitative estimate of drug-likeness (QED) is 0.350. The molecular weight excluding hydrogens is 423 g/mol. The third kappa shape index (κ3) is 4.38. The summed E-state index contributed by atoms with van der Waals surface area (Å²) in [6, 6.07) is 29.2. The van der Waals surface area contributed by atoms with Crippen LogP contribution in [0.25, 0.3) is 21.5 Å². The number of nitrogens with zero attached hydrogens (tertiary/aromatic N) is 1. The molecule has 0 aromatic heterocycles. The summed E-state index contributed by atoms with van der Waals surface area (Å²) in [5, 5.41) is 9.97. The van der Waals surface area contributed by atoms with E-state index in [1.807, 2.05) is 36.4 Å². The van der Waals surface area contributed by atoms with Gasteiger partial charge in [-0.2, -0.15) is 0 Å². The Hall–Kier alpha value is -2.45. The normalized spacial score (nSPS) is 16.1. The minimum absolute atomic E-state index is 0.131. The van der Waals surface area contributed by atoms with Gasteiger partial charge < -0.3 is 4.90 Å². The highest BCUT2D eigenvalue weighted by atomic mass is 31.2. The van der Waals surface area contributed by atoms with Crippen molar-refractivity contribution in [2.24, 2.45) is 5.92 Å². The third-order valence-electron chi connectivity index (χ3n) is 7.02. The topological polar surface area (TPSA) is 32.3 Å². The van der Waals surface area contributed by atoms with E-state index in [1.165, 1.54) is 12.8 Å². The summed E-state index contributed by atoms with van der Waals surface area (Å²) in [5.41, 5.74) is 0. The molecule has 0 spiro atoms. The molecular formula is C29H33N2OP. The predicted molar refractivity (Wildman–Crippen MR) is 142 cm³/mol. The van der Waals surface area contributed by atoms with Crippen LogP contribution in [0.1, 0.15) is 26.7 Å². The van der Waals surface area contributed by atoms with E-state index in [2.05, 4.69) is 72.4 Å². The summed E-state index contributed by atoms with van der Waals surface area (Å²) in [6.07, 6.45) is 2.52. The zero-order valence-corrected chi connectivity index (χ0v) is 20.5. The van der Waals surface area contributed by atoms with Crippen LogP contribution >= 0.6 is 7.29 Å². The molecule has 0 unspecified atom stereocenters. The Morgan fingerprint density at radius 2 is 1.24 bits per heavy atom. The largest absolute Gasteiger partial charge is 0.302 e.